The van der Waals surface area contributed by atoms with Crippen LogP contribution in [-0.2, 0) is 4.79 Å². The van der Waals surface area contributed by atoms with Crippen molar-refractivity contribution in [1.82, 2.24) is 10.2 Å². The summed E-state index contributed by atoms with van der Waals surface area (Å²) in [4.78, 5) is 22.8. The smallest absolute Gasteiger partial charge is 0.323 e. The van der Waals surface area contributed by atoms with Crippen LogP contribution in [-0.4, -0.2) is 48.1 Å². The predicted octanol–water partition coefficient (Wildman–Crippen LogP) is 1.00. The summed E-state index contributed by atoms with van der Waals surface area (Å²) in [6.07, 6.45) is -2.64. The summed E-state index contributed by atoms with van der Waals surface area (Å²) in [6.45, 7) is 2.55. The molecule has 0 aliphatic rings. The van der Waals surface area contributed by atoms with Crippen molar-refractivity contribution in [3.8, 4) is 0 Å². The van der Waals surface area contributed by atoms with E-state index in [9.17, 15) is 18.4 Å². The van der Waals surface area contributed by atoms with E-state index in [2.05, 4.69) is 0 Å². The molecule has 0 saturated carbocycles. The molecule has 2 amide bonds. The molecule has 0 atom stereocenters. The molecular weight excluding hydrogens is 222 g/mol. The van der Waals surface area contributed by atoms with E-state index < -0.39 is 31.5 Å². The van der Waals surface area contributed by atoms with Gasteiger partial charge in [-0.3, -0.25) is 4.79 Å². The second-order valence-corrected chi connectivity index (χ2v) is 3.75. The number of halogens is 2. The molecule has 0 unspecified atom stereocenters. The molecule has 5 nitrogen and oxygen atoms in total. The SMILES string of the molecule is CC(C)CN(CC(=O)O)C(=O)NCC(F)F. The van der Waals surface area contributed by atoms with E-state index >= 15 is 0 Å². The van der Waals surface area contributed by atoms with Crippen molar-refractivity contribution >= 4 is 12.0 Å². The molecule has 0 aromatic heterocycles. The van der Waals surface area contributed by atoms with E-state index in [1.807, 2.05) is 5.32 Å². The van der Waals surface area contributed by atoms with Crippen LogP contribution in [0, 0.1) is 5.92 Å². The Morgan fingerprint density at radius 3 is 2.31 bits per heavy atom. The van der Waals surface area contributed by atoms with Crippen LogP contribution < -0.4 is 5.32 Å². The highest BCUT2D eigenvalue weighted by atomic mass is 19.3. The first-order valence-corrected chi connectivity index (χ1v) is 4.85. The average molecular weight is 238 g/mol. The maximum absolute atomic E-state index is 11.8. The zero-order valence-electron chi connectivity index (χ0n) is 9.24. The number of carbonyl (C=O) groups excluding carboxylic acids is 1. The molecular formula is C9H16F2N2O3. The minimum atomic E-state index is -2.64. The quantitative estimate of drug-likeness (QED) is 0.725. The molecule has 2 N–H and O–H groups in total. The fourth-order valence-electron chi connectivity index (χ4n) is 1.10. The number of hydrogen-bond donors (Lipinski definition) is 2. The first-order valence-electron chi connectivity index (χ1n) is 4.85. The lowest BCUT2D eigenvalue weighted by atomic mass is 10.2. The Kier molecular flexibility index (Phi) is 6.36. The molecule has 0 spiro atoms. The lowest BCUT2D eigenvalue weighted by Crippen LogP contribution is -2.45. The summed E-state index contributed by atoms with van der Waals surface area (Å²) >= 11 is 0. The molecule has 0 aromatic rings. The van der Waals surface area contributed by atoms with Gasteiger partial charge in [-0.15, -0.1) is 0 Å². The number of aliphatic carboxylic acids is 1. The molecule has 0 aromatic carbocycles. The van der Waals surface area contributed by atoms with Crippen molar-refractivity contribution in [2.24, 2.45) is 5.92 Å². The maximum atomic E-state index is 11.8. The zero-order valence-corrected chi connectivity index (χ0v) is 9.24. The number of carboxylic acid groups (broad SMARTS) is 1. The Morgan fingerprint density at radius 2 is 1.94 bits per heavy atom. The van der Waals surface area contributed by atoms with Crippen molar-refractivity contribution in [2.45, 2.75) is 20.3 Å². The van der Waals surface area contributed by atoms with Gasteiger partial charge in [0.15, 0.2) is 0 Å². The average Bonchev–Trinajstić information content (AvgIpc) is 2.11. The number of carbonyl (C=O) groups is 2. The van der Waals surface area contributed by atoms with Gasteiger partial charge < -0.3 is 15.3 Å². The van der Waals surface area contributed by atoms with Gasteiger partial charge in [0.1, 0.15) is 6.54 Å². The van der Waals surface area contributed by atoms with Crippen molar-refractivity contribution in [3.05, 3.63) is 0 Å². The van der Waals surface area contributed by atoms with Crippen molar-refractivity contribution in [3.63, 3.8) is 0 Å². The second-order valence-electron chi connectivity index (χ2n) is 3.75. The molecule has 0 fully saturated rings. The molecule has 0 bridgehead atoms. The summed E-state index contributed by atoms with van der Waals surface area (Å²) in [5, 5.41) is 10.5. The van der Waals surface area contributed by atoms with Gasteiger partial charge in [0.2, 0.25) is 0 Å². The normalized spacial score (nSPS) is 10.6. The van der Waals surface area contributed by atoms with E-state index in [0.29, 0.717) is 0 Å². The van der Waals surface area contributed by atoms with Gasteiger partial charge in [-0.1, -0.05) is 13.8 Å². The van der Waals surface area contributed by atoms with Gasteiger partial charge in [-0.2, -0.15) is 0 Å². The number of nitrogens with one attached hydrogen (secondary N) is 1. The van der Waals surface area contributed by atoms with Crippen LogP contribution in [0.25, 0.3) is 0 Å². The molecule has 94 valence electrons. The van der Waals surface area contributed by atoms with E-state index in [1.54, 1.807) is 13.8 Å². The number of amides is 2. The van der Waals surface area contributed by atoms with Crippen LogP contribution in [0.3, 0.4) is 0 Å². The number of urea groups is 1. The number of carboxylic acids is 1. The fourth-order valence-corrected chi connectivity index (χ4v) is 1.10. The number of rotatable bonds is 6. The predicted molar refractivity (Wildman–Crippen MR) is 53.4 cm³/mol. The van der Waals surface area contributed by atoms with Gasteiger partial charge >= 0.3 is 12.0 Å². The van der Waals surface area contributed by atoms with Crippen LogP contribution in [0.1, 0.15) is 13.8 Å². The van der Waals surface area contributed by atoms with Gasteiger partial charge in [0.25, 0.3) is 6.43 Å². The first-order chi connectivity index (χ1) is 7.32. The molecule has 7 heteroatoms. The second kappa shape index (κ2) is 6.97. The lowest BCUT2D eigenvalue weighted by Gasteiger charge is -2.22. The Balaban J connectivity index is 4.26. The van der Waals surface area contributed by atoms with Crippen LogP contribution in [0.4, 0.5) is 13.6 Å². The van der Waals surface area contributed by atoms with Crippen molar-refractivity contribution < 1.29 is 23.5 Å². The van der Waals surface area contributed by atoms with E-state index in [4.69, 9.17) is 5.11 Å². The number of alkyl halides is 2. The highest BCUT2D eigenvalue weighted by molar-refractivity contribution is 5.80. The fraction of sp³-hybridized carbons (Fsp3) is 0.778. The molecule has 0 radical (unpaired) electrons. The van der Waals surface area contributed by atoms with Crippen LogP contribution in [0.5, 0.6) is 0 Å². The Bertz CT molecular complexity index is 247. The molecule has 0 saturated heterocycles. The molecule has 0 aliphatic heterocycles. The van der Waals surface area contributed by atoms with E-state index in [1.165, 1.54) is 0 Å². The lowest BCUT2D eigenvalue weighted by molar-refractivity contribution is -0.137. The highest BCUT2D eigenvalue weighted by Gasteiger charge is 2.18. The topological polar surface area (TPSA) is 69.6 Å². The first kappa shape index (κ1) is 14.6. The summed E-state index contributed by atoms with van der Waals surface area (Å²) < 4.78 is 23.7. The molecule has 0 heterocycles. The Morgan fingerprint density at radius 1 is 1.38 bits per heavy atom. The highest BCUT2D eigenvalue weighted by Crippen LogP contribution is 1.99. The van der Waals surface area contributed by atoms with Crippen molar-refractivity contribution in [2.75, 3.05) is 19.6 Å². The maximum Gasteiger partial charge on any atom is 0.323 e. The number of hydrogen-bond acceptors (Lipinski definition) is 2. The molecule has 16 heavy (non-hydrogen) atoms. The van der Waals surface area contributed by atoms with Crippen LogP contribution in [0.15, 0.2) is 0 Å². The van der Waals surface area contributed by atoms with Crippen LogP contribution in [0.2, 0.25) is 0 Å². The zero-order chi connectivity index (χ0) is 12.7. The third-order valence-corrected chi connectivity index (χ3v) is 1.61. The van der Waals surface area contributed by atoms with Gasteiger partial charge in [-0.25, -0.2) is 13.6 Å². The Labute approximate surface area is 92.4 Å². The summed E-state index contributed by atoms with van der Waals surface area (Å²) in [6, 6.07) is -0.781. The van der Waals surface area contributed by atoms with Crippen LogP contribution >= 0.6 is 0 Å². The van der Waals surface area contributed by atoms with Gasteiger partial charge in [0, 0.05) is 6.54 Å². The summed E-state index contributed by atoms with van der Waals surface area (Å²) in [5.74, 6) is -1.11. The minimum Gasteiger partial charge on any atom is -0.480 e. The number of nitrogens with zero attached hydrogens (tertiary/aromatic N) is 1. The van der Waals surface area contributed by atoms with Gasteiger partial charge in [-0.05, 0) is 5.92 Å². The third-order valence-electron chi connectivity index (χ3n) is 1.61. The Hall–Kier alpha value is -1.40. The van der Waals surface area contributed by atoms with Gasteiger partial charge in [0.05, 0.1) is 6.54 Å². The minimum absolute atomic E-state index is 0.0663. The molecule has 0 rings (SSSR count). The van der Waals surface area contributed by atoms with E-state index in [-0.39, 0.29) is 12.5 Å². The summed E-state index contributed by atoms with van der Waals surface area (Å²) in [7, 11) is 0. The third kappa shape index (κ3) is 6.97. The summed E-state index contributed by atoms with van der Waals surface area (Å²) in [5.41, 5.74) is 0. The van der Waals surface area contributed by atoms with E-state index in [0.717, 1.165) is 4.90 Å². The largest absolute Gasteiger partial charge is 0.480 e. The van der Waals surface area contributed by atoms with Crippen molar-refractivity contribution in [1.29, 1.82) is 0 Å². The standard InChI is InChI=1S/C9H16F2N2O3/c1-6(2)4-13(5-8(14)15)9(16)12-3-7(10)11/h6-7H,3-5H2,1-2H3,(H,12,16)(H,14,15). The monoisotopic (exact) mass is 238 g/mol. The molecule has 0 aliphatic carbocycles.